The predicted octanol–water partition coefficient (Wildman–Crippen LogP) is 3.61. The molecule has 0 saturated heterocycles. The standard InChI is InChI=1S/C17H14F4N4O2/c1-8-22-12(7-13(26)23-8)14-24-25-15(27-14)16(2,3)10-5-4-9(6-11(10)18)17(19,20)21/h4-7H,1-3H3,(H,22,23,26). The van der Waals surface area contributed by atoms with E-state index in [4.69, 9.17) is 4.42 Å². The molecule has 0 aliphatic heterocycles. The highest BCUT2D eigenvalue weighted by Crippen LogP contribution is 2.36. The van der Waals surface area contributed by atoms with E-state index in [1.165, 1.54) is 13.8 Å². The number of hydrogen-bond acceptors (Lipinski definition) is 5. The molecule has 142 valence electrons. The summed E-state index contributed by atoms with van der Waals surface area (Å²) in [5.74, 6) is -0.791. The van der Waals surface area contributed by atoms with Crippen LogP contribution in [0.5, 0.6) is 0 Å². The van der Waals surface area contributed by atoms with Crippen molar-refractivity contribution in [3.05, 3.63) is 63.3 Å². The Balaban J connectivity index is 2.01. The lowest BCUT2D eigenvalue weighted by molar-refractivity contribution is -0.137. The number of nitrogens with zero attached hydrogens (tertiary/aromatic N) is 3. The Labute approximate surface area is 150 Å². The first kappa shape index (κ1) is 18.7. The lowest BCUT2D eigenvalue weighted by Gasteiger charge is -2.22. The summed E-state index contributed by atoms with van der Waals surface area (Å²) in [6.07, 6.45) is -4.65. The van der Waals surface area contributed by atoms with Crippen LogP contribution in [0.1, 0.15) is 36.7 Å². The maximum Gasteiger partial charge on any atom is 0.416 e. The monoisotopic (exact) mass is 382 g/mol. The van der Waals surface area contributed by atoms with Crippen molar-refractivity contribution in [2.24, 2.45) is 0 Å². The van der Waals surface area contributed by atoms with Crippen LogP contribution < -0.4 is 5.56 Å². The first-order valence-electron chi connectivity index (χ1n) is 7.78. The second kappa shape index (κ2) is 6.29. The molecule has 0 aliphatic carbocycles. The number of H-pyrrole nitrogens is 1. The fourth-order valence-electron chi connectivity index (χ4n) is 2.58. The number of aromatic amines is 1. The molecule has 0 fully saturated rings. The zero-order chi connectivity index (χ0) is 20.0. The SMILES string of the molecule is Cc1nc(-c2nnc(C(C)(C)c3ccc(C(F)(F)F)cc3F)o2)cc(=O)[nH]1. The molecule has 0 amide bonds. The molecular weight excluding hydrogens is 368 g/mol. The normalized spacial score (nSPS) is 12.4. The van der Waals surface area contributed by atoms with Gasteiger partial charge in [0.2, 0.25) is 5.89 Å². The summed E-state index contributed by atoms with van der Waals surface area (Å²) in [6, 6.07) is 3.42. The minimum Gasteiger partial charge on any atom is -0.418 e. The van der Waals surface area contributed by atoms with E-state index in [1.54, 1.807) is 6.92 Å². The van der Waals surface area contributed by atoms with Gasteiger partial charge in [-0.05, 0) is 32.9 Å². The minimum atomic E-state index is -4.65. The average Bonchev–Trinajstić information content (AvgIpc) is 3.03. The molecule has 3 rings (SSSR count). The molecule has 1 aromatic carbocycles. The van der Waals surface area contributed by atoms with Crippen LogP contribution in [0, 0.1) is 12.7 Å². The van der Waals surface area contributed by atoms with E-state index in [2.05, 4.69) is 20.2 Å². The Morgan fingerprint density at radius 2 is 1.81 bits per heavy atom. The number of nitrogens with one attached hydrogen (secondary N) is 1. The van der Waals surface area contributed by atoms with Crippen LogP contribution in [0.2, 0.25) is 0 Å². The summed E-state index contributed by atoms with van der Waals surface area (Å²) in [4.78, 5) is 18.1. The summed E-state index contributed by atoms with van der Waals surface area (Å²) in [5.41, 5.74) is -2.62. The van der Waals surface area contributed by atoms with Crippen LogP contribution in [-0.2, 0) is 11.6 Å². The lowest BCUT2D eigenvalue weighted by atomic mass is 9.83. The van der Waals surface area contributed by atoms with Crippen molar-refractivity contribution in [2.45, 2.75) is 32.4 Å². The van der Waals surface area contributed by atoms with E-state index in [0.717, 1.165) is 18.2 Å². The molecule has 0 saturated carbocycles. The van der Waals surface area contributed by atoms with E-state index >= 15 is 0 Å². The van der Waals surface area contributed by atoms with E-state index in [-0.39, 0.29) is 23.0 Å². The van der Waals surface area contributed by atoms with E-state index in [1.807, 2.05) is 0 Å². The Morgan fingerprint density at radius 3 is 2.41 bits per heavy atom. The fraction of sp³-hybridized carbons (Fsp3) is 0.294. The molecule has 3 aromatic rings. The number of hydrogen-bond donors (Lipinski definition) is 1. The first-order valence-corrected chi connectivity index (χ1v) is 7.78. The van der Waals surface area contributed by atoms with Gasteiger partial charge in [0.1, 0.15) is 17.3 Å². The van der Waals surface area contributed by atoms with Gasteiger partial charge in [-0.3, -0.25) is 4.79 Å². The minimum absolute atomic E-state index is 0.0316. The second-order valence-electron chi connectivity index (χ2n) is 6.45. The third-order valence-electron chi connectivity index (χ3n) is 4.01. The van der Waals surface area contributed by atoms with Crippen molar-refractivity contribution in [1.82, 2.24) is 20.2 Å². The van der Waals surface area contributed by atoms with Gasteiger partial charge in [0.15, 0.2) is 0 Å². The van der Waals surface area contributed by atoms with Crippen LogP contribution in [0.3, 0.4) is 0 Å². The van der Waals surface area contributed by atoms with E-state index in [9.17, 15) is 22.4 Å². The largest absolute Gasteiger partial charge is 0.418 e. The van der Waals surface area contributed by atoms with E-state index in [0.29, 0.717) is 11.9 Å². The van der Waals surface area contributed by atoms with Crippen LogP contribution in [-0.4, -0.2) is 20.2 Å². The van der Waals surface area contributed by atoms with E-state index < -0.39 is 28.5 Å². The van der Waals surface area contributed by atoms with Gasteiger partial charge < -0.3 is 9.40 Å². The summed E-state index contributed by atoms with van der Waals surface area (Å²) in [5, 5.41) is 7.67. The van der Waals surface area contributed by atoms with Gasteiger partial charge in [0.25, 0.3) is 11.4 Å². The molecule has 0 bridgehead atoms. The first-order chi connectivity index (χ1) is 12.5. The summed E-state index contributed by atoms with van der Waals surface area (Å²) in [7, 11) is 0. The number of benzene rings is 1. The number of halogens is 4. The fourth-order valence-corrected chi connectivity index (χ4v) is 2.58. The van der Waals surface area contributed by atoms with Crippen molar-refractivity contribution < 1.29 is 22.0 Å². The third kappa shape index (κ3) is 3.60. The highest BCUT2D eigenvalue weighted by Gasteiger charge is 2.36. The van der Waals surface area contributed by atoms with Crippen LogP contribution in [0.25, 0.3) is 11.6 Å². The lowest BCUT2D eigenvalue weighted by Crippen LogP contribution is -2.22. The Hall–Kier alpha value is -3.04. The zero-order valence-electron chi connectivity index (χ0n) is 14.5. The van der Waals surface area contributed by atoms with Crippen LogP contribution in [0.4, 0.5) is 17.6 Å². The second-order valence-corrected chi connectivity index (χ2v) is 6.45. The molecule has 2 heterocycles. The van der Waals surface area contributed by atoms with Crippen molar-refractivity contribution in [1.29, 1.82) is 0 Å². The van der Waals surface area contributed by atoms with Crippen LogP contribution >= 0.6 is 0 Å². The Kier molecular flexibility index (Phi) is 4.37. The van der Waals surface area contributed by atoms with Gasteiger partial charge in [0.05, 0.1) is 11.0 Å². The highest BCUT2D eigenvalue weighted by atomic mass is 19.4. The predicted molar refractivity (Wildman–Crippen MR) is 86.4 cm³/mol. The summed E-state index contributed by atoms with van der Waals surface area (Å²) >= 11 is 0. The van der Waals surface area contributed by atoms with Crippen molar-refractivity contribution in [3.63, 3.8) is 0 Å². The molecule has 0 atom stereocenters. The number of rotatable bonds is 3. The van der Waals surface area contributed by atoms with Gasteiger partial charge in [0, 0.05) is 11.6 Å². The number of aryl methyl sites for hydroxylation is 1. The molecule has 0 unspecified atom stereocenters. The van der Waals surface area contributed by atoms with Gasteiger partial charge >= 0.3 is 6.18 Å². The van der Waals surface area contributed by atoms with Gasteiger partial charge in [-0.25, -0.2) is 9.37 Å². The molecule has 0 spiro atoms. The average molecular weight is 382 g/mol. The molecule has 1 N–H and O–H groups in total. The molecule has 10 heteroatoms. The quantitative estimate of drug-likeness (QED) is 0.700. The van der Waals surface area contributed by atoms with Crippen LogP contribution in [0.15, 0.2) is 33.5 Å². The van der Waals surface area contributed by atoms with Crippen molar-refractivity contribution in [2.75, 3.05) is 0 Å². The number of alkyl halides is 3. The maximum atomic E-state index is 14.3. The topological polar surface area (TPSA) is 84.7 Å². The smallest absolute Gasteiger partial charge is 0.416 e. The Bertz CT molecular complexity index is 1050. The molecule has 27 heavy (non-hydrogen) atoms. The van der Waals surface area contributed by atoms with Crippen molar-refractivity contribution in [3.8, 4) is 11.6 Å². The van der Waals surface area contributed by atoms with Gasteiger partial charge in [-0.2, -0.15) is 13.2 Å². The molecule has 0 radical (unpaired) electrons. The molecule has 0 aliphatic rings. The third-order valence-corrected chi connectivity index (χ3v) is 4.01. The zero-order valence-corrected chi connectivity index (χ0v) is 14.5. The summed E-state index contributed by atoms with van der Waals surface area (Å²) < 4.78 is 58.1. The molecular formula is C17H14F4N4O2. The highest BCUT2D eigenvalue weighted by molar-refractivity contribution is 5.45. The maximum absolute atomic E-state index is 14.3. The van der Waals surface area contributed by atoms with Crippen molar-refractivity contribution >= 4 is 0 Å². The van der Waals surface area contributed by atoms with Gasteiger partial charge in [-0.1, -0.05) is 6.07 Å². The summed E-state index contributed by atoms with van der Waals surface area (Å²) in [6.45, 7) is 4.64. The number of aromatic nitrogens is 4. The molecule has 6 nitrogen and oxygen atoms in total. The van der Waals surface area contributed by atoms with Gasteiger partial charge in [-0.15, -0.1) is 10.2 Å². The Morgan fingerprint density at radius 1 is 1.11 bits per heavy atom. The molecule has 2 aromatic heterocycles.